The van der Waals surface area contributed by atoms with Gasteiger partial charge in [0, 0.05) is 12.8 Å². The molecular weight excluding hydrogens is 886 g/mol. The van der Waals surface area contributed by atoms with Crippen LogP contribution in [0.25, 0.3) is 0 Å². The van der Waals surface area contributed by atoms with Crippen molar-refractivity contribution in [3.63, 3.8) is 0 Å². The molecule has 66 heavy (non-hydrogen) atoms. The van der Waals surface area contributed by atoms with Crippen LogP contribution in [0.2, 0.25) is 0 Å². The number of hydrogen-bond donors (Lipinski definition) is 5. The molecule has 14 nitrogen and oxygen atoms in total. The van der Waals surface area contributed by atoms with Crippen LogP contribution in [0.1, 0.15) is 207 Å². The summed E-state index contributed by atoms with van der Waals surface area (Å²) in [5.41, 5.74) is 0. The molecule has 0 bridgehead atoms. The van der Waals surface area contributed by atoms with Crippen molar-refractivity contribution < 1.29 is 66.7 Å². The van der Waals surface area contributed by atoms with Gasteiger partial charge in [-0.05, 0) is 50.9 Å². The summed E-state index contributed by atoms with van der Waals surface area (Å²) in [6.07, 6.45) is 42.8. The summed E-state index contributed by atoms with van der Waals surface area (Å²) < 4.78 is 47.9. The van der Waals surface area contributed by atoms with Crippen molar-refractivity contribution in [2.45, 2.75) is 225 Å². The first-order valence-electron chi connectivity index (χ1n) is 25.3. The third-order valence-corrected chi connectivity index (χ3v) is 12.2. The van der Waals surface area contributed by atoms with Crippen molar-refractivity contribution in [1.82, 2.24) is 0 Å². The van der Waals surface area contributed by atoms with Gasteiger partial charge in [0.15, 0.2) is 6.10 Å². The Morgan fingerprint density at radius 3 is 1.64 bits per heavy atom. The van der Waals surface area contributed by atoms with Crippen LogP contribution in [-0.4, -0.2) is 81.6 Å². The van der Waals surface area contributed by atoms with E-state index in [2.05, 4.69) is 31.4 Å². The second-order valence-electron chi connectivity index (χ2n) is 17.8. The number of phosphoric acid groups is 2. The number of rotatable bonds is 47. The van der Waals surface area contributed by atoms with Crippen LogP contribution in [0.5, 0.6) is 0 Å². The van der Waals surface area contributed by atoms with Gasteiger partial charge in [-0.2, -0.15) is 0 Å². The molecule has 0 radical (unpaired) electrons. The van der Waals surface area contributed by atoms with Gasteiger partial charge < -0.3 is 34.4 Å². The summed E-state index contributed by atoms with van der Waals surface area (Å²) in [4.78, 5) is 52.9. The number of allylic oxidation sites excluding steroid dienone is 6. The molecule has 4 atom stereocenters. The summed E-state index contributed by atoms with van der Waals surface area (Å²) in [6, 6.07) is 0. The molecule has 0 saturated heterocycles. The molecule has 0 aromatic carbocycles. The second-order valence-corrected chi connectivity index (χ2v) is 20.5. The van der Waals surface area contributed by atoms with Gasteiger partial charge in [0.25, 0.3) is 0 Å². The normalized spacial score (nSPS) is 14.8. The lowest BCUT2D eigenvalue weighted by Crippen LogP contribution is -2.30. The Morgan fingerprint density at radius 2 is 1.06 bits per heavy atom. The number of carbonyl (C=O) groups is 2. The molecule has 0 aromatic rings. The van der Waals surface area contributed by atoms with Gasteiger partial charge in [-0.15, -0.1) is 0 Å². The van der Waals surface area contributed by atoms with E-state index in [4.69, 9.17) is 28.3 Å². The van der Waals surface area contributed by atoms with E-state index < -0.39 is 72.3 Å². The zero-order chi connectivity index (χ0) is 49.0. The molecule has 0 amide bonds. The number of hydrogen-bond acceptors (Lipinski definition) is 11. The SMILES string of the molecule is CCCCC/C=C\C[C@@H](O)/C=C/C=C\C/C=C\CCCC(=O)OC[C@H](COP(=O)(O)OC[C@@H](O)COP(=O)(O)O)OC(=O)CCCCCCCCCCCCCCCCCCCCC(C)C. The topological polar surface area (TPSA) is 216 Å². The lowest BCUT2D eigenvalue weighted by molar-refractivity contribution is -0.161. The summed E-state index contributed by atoms with van der Waals surface area (Å²) in [6.45, 7) is 3.96. The Hall–Kier alpha value is -1.96. The minimum absolute atomic E-state index is 0.0879. The number of carbonyl (C=O) groups excluding carboxylic acids is 2. The third-order valence-electron chi connectivity index (χ3n) is 10.7. The molecule has 0 rings (SSSR count). The maximum Gasteiger partial charge on any atom is 0.472 e. The Morgan fingerprint density at radius 1 is 0.545 bits per heavy atom. The van der Waals surface area contributed by atoms with Crippen molar-refractivity contribution in [3.05, 3.63) is 48.6 Å². The number of esters is 2. The molecule has 1 unspecified atom stereocenters. The zero-order valence-corrected chi connectivity index (χ0v) is 42.9. The number of ether oxygens (including phenoxy) is 2. The van der Waals surface area contributed by atoms with Crippen molar-refractivity contribution in [3.8, 4) is 0 Å². The van der Waals surface area contributed by atoms with E-state index in [1.165, 1.54) is 116 Å². The number of aliphatic hydroxyl groups excluding tert-OH is 2. The predicted octanol–water partition coefficient (Wildman–Crippen LogP) is 12.6. The lowest BCUT2D eigenvalue weighted by atomic mass is 10.0. The van der Waals surface area contributed by atoms with Crippen LogP contribution in [0.4, 0.5) is 0 Å². The molecule has 0 aliphatic rings. The Labute approximate surface area is 399 Å². The fourth-order valence-electron chi connectivity index (χ4n) is 6.85. The summed E-state index contributed by atoms with van der Waals surface area (Å²) in [7, 11) is -9.72. The smallest absolute Gasteiger partial charge is 0.462 e. The van der Waals surface area contributed by atoms with Crippen LogP contribution in [0.15, 0.2) is 48.6 Å². The van der Waals surface area contributed by atoms with E-state index in [1.807, 2.05) is 36.5 Å². The van der Waals surface area contributed by atoms with Gasteiger partial charge in [-0.3, -0.25) is 23.2 Å². The summed E-state index contributed by atoms with van der Waals surface area (Å²) in [5.74, 6) is -0.303. The number of aliphatic hydroxyl groups is 2. The number of phosphoric ester groups is 2. The summed E-state index contributed by atoms with van der Waals surface area (Å²) in [5, 5.41) is 19.8. The van der Waals surface area contributed by atoms with E-state index in [9.17, 15) is 33.8 Å². The molecule has 0 fully saturated rings. The van der Waals surface area contributed by atoms with E-state index in [1.54, 1.807) is 6.08 Å². The van der Waals surface area contributed by atoms with Crippen molar-refractivity contribution >= 4 is 27.6 Å². The highest BCUT2D eigenvalue weighted by atomic mass is 31.2. The molecule has 5 N–H and O–H groups in total. The highest BCUT2D eigenvalue weighted by Crippen LogP contribution is 2.44. The van der Waals surface area contributed by atoms with Crippen molar-refractivity contribution in [2.24, 2.45) is 5.92 Å². The van der Waals surface area contributed by atoms with E-state index in [-0.39, 0.29) is 12.8 Å². The highest BCUT2D eigenvalue weighted by molar-refractivity contribution is 7.47. The molecule has 386 valence electrons. The van der Waals surface area contributed by atoms with Crippen LogP contribution in [0.3, 0.4) is 0 Å². The van der Waals surface area contributed by atoms with Crippen LogP contribution < -0.4 is 0 Å². The molecule has 16 heteroatoms. The van der Waals surface area contributed by atoms with Crippen molar-refractivity contribution in [1.29, 1.82) is 0 Å². The van der Waals surface area contributed by atoms with Gasteiger partial charge >= 0.3 is 27.6 Å². The molecule has 0 aliphatic carbocycles. The van der Waals surface area contributed by atoms with Gasteiger partial charge in [-0.25, -0.2) is 9.13 Å². The fraction of sp³-hybridized carbons (Fsp3) is 0.800. The van der Waals surface area contributed by atoms with Crippen LogP contribution in [-0.2, 0) is 41.8 Å². The Balaban J connectivity index is 4.52. The largest absolute Gasteiger partial charge is 0.472 e. The quantitative estimate of drug-likeness (QED) is 0.0126. The average molecular weight is 979 g/mol. The standard InChI is InChI=1S/C50H92O14P2/c1-4-5-6-7-27-32-37-46(51)38-33-28-23-20-21-24-29-34-39-49(53)60-43-48(44-63-66(58,59)62-42-47(52)41-61-65(55,56)57)64-50(54)40-35-30-25-19-17-15-13-11-9-8-10-12-14-16-18-22-26-31-36-45(2)3/h21,23-24,27-28,32-33,38,45-48,51-52H,4-20,22,25-26,29-31,34-37,39-44H2,1-3H3,(H,58,59)(H2,55,56,57)/b24-21-,28-23-,32-27-,38-33+/t46-,47+,48-/m1/s1. The molecule has 0 aliphatic heterocycles. The zero-order valence-electron chi connectivity index (χ0n) is 41.1. The first-order valence-corrected chi connectivity index (χ1v) is 28.3. The van der Waals surface area contributed by atoms with Crippen molar-refractivity contribution in [2.75, 3.05) is 26.4 Å². The first-order chi connectivity index (χ1) is 31.6. The van der Waals surface area contributed by atoms with Crippen LogP contribution in [0, 0.1) is 5.92 Å². The molecule has 0 saturated carbocycles. The molecule has 0 spiro atoms. The average Bonchev–Trinajstić information content (AvgIpc) is 3.26. The monoisotopic (exact) mass is 979 g/mol. The molecule has 0 aromatic heterocycles. The van der Waals surface area contributed by atoms with Gasteiger partial charge in [0.2, 0.25) is 0 Å². The first kappa shape index (κ1) is 64.0. The van der Waals surface area contributed by atoms with E-state index >= 15 is 0 Å². The summed E-state index contributed by atoms with van der Waals surface area (Å²) >= 11 is 0. The predicted molar refractivity (Wildman–Crippen MR) is 264 cm³/mol. The number of unbranched alkanes of at least 4 members (excludes halogenated alkanes) is 21. The van der Waals surface area contributed by atoms with Gasteiger partial charge in [-0.1, -0.05) is 198 Å². The van der Waals surface area contributed by atoms with Crippen LogP contribution >= 0.6 is 15.6 Å². The maximum absolute atomic E-state index is 12.7. The van der Waals surface area contributed by atoms with E-state index in [0.717, 1.165) is 31.6 Å². The third kappa shape index (κ3) is 48.5. The van der Waals surface area contributed by atoms with Gasteiger partial charge in [0.05, 0.1) is 25.9 Å². The maximum atomic E-state index is 12.7. The molecular formula is C50H92O14P2. The van der Waals surface area contributed by atoms with E-state index in [0.29, 0.717) is 32.1 Å². The Kier molecular flexibility index (Phi) is 42.9. The molecule has 0 heterocycles. The minimum atomic E-state index is -4.88. The fourth-order valence-corrected chi connectivity index (χ4v) is 8.00. The second kappa shape index (κ2) is 44.3. The van der Waals surface area contributed by atoms with Gasteiger partial charge in [0.1, 0.15) is 12.7 Å². The Bertz CT molecular complexity index is 1380. The highest BCUT2D eigenvalue weighted by Gasteiger charge is 2.28. The lowest BCUT2D eigenvalue weighted by Gasteiger charge is -2.20. The minimum Gasteiger partial charge on any atom is -0.462 e.